The van der Waals surface area contributed by atoms with Crippen molar-refractivity contribution in [3.05, 3.63) is 83.2 Å². The molecule has 0 aliphatic heterocycles. The summed E-state index contributed by atoms with van der Waals surface area (Å²) in [6.45, 7) is 4.69. The van der Waals surface area contributed by atoms with E-state index in [4.69, 9.17) is 0 Å². The predicted molar refractivity (Wildman–Crippen MR) is 100 cm³/mol. The smallest absolute Gasteiger partial charge is 0.124 e. The molecule has 2 rings (SSSR count). The zero-order valence-electron chi connectivity index (χ0n) is 12.7. The van der Waals surface area contributed by atoms with Gasteiger partial charge in [0.05, 0.1) is 0 Å². The average molecular weight is 310 g/mol. The first-order valence-electron chi connectivity index (χ1n) is 7.46. The Bertz CT molecular complexity index is 525. The Labute approximate surface area is 131 Å². The second-order valence-corrected chi connectivity index (χ2v) is 10.5. The molecule has 2 unspecified atom stereocenters. The second kappa shape index (κ2) is 8.57. The molecule has 2 aromatic rings. The Morgan fingerprint density at radius 3 is 1.43 bits per heavy atom. The van der Waals surface area contributed by atoms with Crippen molar-refractivity contribution in [1.82, 2.24) is 4.65 Å². The molecule has 0 amide bonds. The molecule has 0 aliphatic carbocycles. The highest BCUT2D eigenvalue weighted by molar-refractivity contribution is 6.77. The zero-order chi connectivity index (χ0) is 14.9. The Morgan fingerprint density at radius 2 is 1.05 bits per heavy atom. The maximum atomic E-state index is 3.82. The first-order valence-corrected chi connectivity index (χ1v) is 12.3. The molecule has 0 aromatic heterocycles. The van der Waals surface area contributed by atoms with Gasteiger partial charge in [-0.15, -0.1) is 0 Å². The Morgan fingerprint density at radius 1 is 0.667 bits per heavy atom. The number of hydrogen-bond donors (Lipinski definition) is 1. The molecule has 0 fully saturated rings. The van der Waals surface area contributed by atoms with E-state index in [-0.39, 0.29) is 0 Å². The normalized spacial score (nSPS) is 14.6. The van der Waals surface area contributed by atoms with Crippen LogP contribution in [0.1, 0.15) is 11.1 Å². The van der Waals surface area contributed by atoms with Gasteiger partial charge in [0, 0.05) is 0 Å². The molecule has 0 saturated carbocycles. The van der Waals surface area contributed by atoms with Crippen LogP contribution in [-0.2, 0) is 0 Å². The largest absolute Gasteiger partial charge is 0.358 e. The summed E-state index contributed by atoms with van der Waals surface area (Å²) in [7, 11) is -1.95. The molecule has 1 N–H and O–H groups in total. The van der Waals surface area contributed by atoms with Gasteiger partial charge in [0.1, 0.15) is 17.9 Å². The van der Waals surface area contributed by atoms with Crippen molar-refractivity contribution < 1.29 is 0 Å². The number of benzene rings is 2. The number of hydrogen-bond acceptors (Lipinski definition) is 1. The van der Waals surface area contributed by atoms with Crippen molar-refractivity contribution >= 4 is 30.1 Å². The quantitative estimate of drug-likeness (QED) is 0.801. The second-order valence-electron chi connectivity index (χ2n) is 5.28. The molecule has 0 spiro atoms. The molecule has 0 bridgehead atoms. The molecule has 108 valence electrons. The van der Waals surface area contributed by atoms with E-state index in [1.54, 1.807) is 0 Å². The minimum absolute atomic E-state index is 0.975. The molecule has 2 atom stereocenters. The number of nitrogens with one attached hydrogen (secondary N) is 1. The topological polar surface area (TPSA) is 12.0 Å². The van der Waals surface area contributed by atoms with Gasteiger partial charge in [-0.25, -0.2) is 0 Å². The third-order valence-corrected chi connectivity index (χ3v) is 9.03. The molecule has 0 saturated heterocycles. The monoisotopic (exact) mass is 309 g/mol. The van der Waals surface area contributed by atoms with Crippen LogP contribution < -0.4 is 4.65 Å². The van der Waals surface area contributed by atoms with Gasteiger partial charge in [0.2, 0.25) is 0 Å². The maximum Gasteiger partial charge on any atom is 0.124 e. The van der Waals surface area contributed by atoms with Crippen LogP contribution in [0.2, 0.25) is 13.1 Å². The van der Waals surface area contributed by atoms with Gasteiger partial charge in [0.15, 0.2) is 0 Å². The fraction of sp³-hybridized carbons (Fsp3) is 0.111. The fourth-order valence-corrected chi connectivity index (χ4v) is 7.39. The van der Waals surface area contributed by atoms with Crippen molar-refractivity contribution in [2.24, 2.45) is 0 Å². The molecule has 1 nitrogen and oxygen atoms in total. The van der Waals surface area contributed by atoms with Crippen molar-refractivity contribution in [3.8, 4) is 0 Å². The Hall–Kier alpha value is -1.69. The lowest BCUT2D eigenvalue weighted by Crippen LogP contribution is -2.39. The first kappa shape index (κ1) is 15.7. The summed E-state index contributed by atoms with van der Waals surface area (Å²) in [5.74, 6) is 0. The summed E-state index contributed by atoms with van der Waals surface area (Å²) in [6, 6.07) is 21.0. The maximum absolute atomic E-state index is 3.82. The average Bonchev–Trinajstić information content (AvgIpc) is 2.53. The minimum atomic E-state index is -0.975. The van der Waals surface area contributed by atoms with Crippen LogP contribution in [0, 0.1) is 0 Å². The van der Waals surface area contributed by atoms with Gasteiger partial charge < -0.3 is 4.65 Å². The van der Waals surface area contributed by atoms with Crippen molar-refractivity contribution in [2.45, 2.75) is 13.1 Å². The van der Waals surface area contributed by atoms with Crippen molar-refractivity contribution in [3.63, 3.8) is 0 Å². The van der Waals surface area contributed by atoms with E-state index >= 15 is 0 Å². The Kier molecular flexibility index (Phi) is 6.40. The third kappa shape index (κ3) is 6.08. The van der Waals surface area contributed by atoms with Gasteiger partial charge >= 0.3 is 0 Å². The highest BCUT2D eigenvalue weighted by atomic mass is 28.3. The van der Waals surface area contributed by atoms with Crippen LogP contribution in [0.3, 0.4) is 0 Å². The summed E-state index contributed by atoms with van der Waals surface area (Å²) in [5.41, 5.74) is 7.31. The lowest BCUT2D eigenvalue weighted by molar-refractivity contribution is 1.48. The number of rotatable bonds is 6. The van der Waals surface area contributed by atoms with Crippen LogP contribution in [-0.4, -0.2) is 17.9 Å². The lowest BCUT2D eigenvalue weighted by atomic mass is 10.2. The molecule has 0 heterocycles. The van der Waals surface area contributed by atoms with Crippen molar-refractivity contribution in [2.75, 3.05) is 0 Å². The third-order valence-electron chi connectivity index (χ3n) is 3.28. The van der Waals surface area contributed by atoms with E-state index in [0.717, 1.165) is 0 Å². The van der Waals surface area contributed by atoms with E-state index in [2.05, 4.69) is 102 Å². The fourth-order valence-electron chi connectivity index (χ4n) is 2.16. The van der Waals surface area contributed by atoms with Crippen LogP contribution in [0.5, 0.6) is 0 Å². The predicted octanol–water partition coefficient (Wildman–Crippen LogP) is 3.79. The van der Waals surface area contributed by atoms with E-state index in [9.17, 15) is 0 Å². The minimum Gasteiger partial charge on any atom is -0.358 e. The molecule has 0 radical (unpaired) electrons. The Balaban J connectivity index is 1.83. The highest BCUT2D eigenvalue weighted by Gasteiger charge is 2.03. The summed E-state index contributed by atoms with van der Waals surface area (Å²) in [4.78, 5) is 0. The van der Waals surface area contributed by atoms with E-state index in [0.29, 0.717) is 0 Å². The van der Waals surface area contributed by atoms with Gasteiger partial charge in [-0.3, -0.25) is 0 Å². The molecule has 3 heteroatoms. The molecular weight excluding hydrogens is 286 g/mol. The summed E-state index contributed by atoms with van der Waals surface area (Å²) < 4.78 is 3.82. The molecule has 2 aromatic carbocycles. The highest BCUT2D eigenvalue weighted by Crippen LogP contribution is 2.03. The standard InChI is InChI=1S/C18H23NSi2/c1-20(15-13-17-9-5-3-6-10-17)19-21(2)16-14-18-11-7-4-8-12-18/h3-16,19-21H,1-2H3. The van der Waals surface area contributed by atoms with E-state index < -0.39 is 17.9 Å². The molecular formula is C18H23NSi2. The van der Waals surface area contributed by atoms with Gasteiger partial charge in [-0.1, -0.05) is 97.3 Å². The summed E-state index contributed by atoms with van der Waals surface area (Å²) in [5, 5.41) is 0. The van der Waals surface area contributed by atoms with Crippen LogP contribution in [0.4, 0.5) is 0 Å². The summed E-state index contributed by atoms with van der Waals surface area (Å²) in [6.07, 6.45) is 4.48. The first-order chi connectivity index (χ1) is 10.2. The zero-order valence-corrected chi connectivity index (χ0v) is 15.0. The summed E-state index contributed by atoms with van der Waals surface area (Å²) >= 11 is 0. The van der Waals surface area contributed by atoms with Crippen molar-refractivity contribution in [1.29, 1.82) is 0 Å². The van der Waals surface area contributed by atoms with Crippen LogP contribution in [0.25, 0.3) is 12.2 Å². The van der Waals surface area contributed by atoms with Gasteiger partial charge in [0.25, 0.3) is 0 Å². The van der Waals surface area contributed by atoms with Gasteiger partial charge in [-0.2, -0.15) is 0 Å². The van der Waals surface area contributed by atoms with Gasteiger partial charge in [-0.05, 0) is 11.1 Å². The SMILES string of the molecule is C[SiH](C=Cc1ccccc1)N[SiH](C)C=Cc1ccccc1. The van der Waals surface area contributed by atoms with E-state index in [1.807, 2.05) is 0 Å². The molecule has 21 heavy (non-hydrogen) atoms. The molecule has 0 aliphatic rings. The lowest BCUT2D eigenvalue weighted by Gasteiger charge is -2.11. The van der Waals surface area contributed by atoms with E-state index in [1.165, 1.54) is 11.1 Å². The van der Waals surface area contributed by atoms with Crippen LogP contribution >= 0.6 is 0 Å². The van der Waals surface area contributed by atoms with Crippen LogP contribution in [0.15, 0.2) is 72.1 Å².